The summed E-state index contributed by atoms with van der Waals surface area (Å²) in [6.45, 7) is 0. The fourth-order valence-corrected chi connectivity index (χ4v) is 2.49. The number of imidazole rings is 1. The number of nitrogens with zero attached hydrogens (tertiary/aromatic N) is 1. The molecule has 0 saturated carbocycles. The average Bonchev–Trinajstić information content (AvgIpc) is 2.90. The van der Waals surface area contributed by atoms with Crippen molar-refractivity contribution < 1.29 is 4.74 Å². The minimum absolute atomic E-state index is 0.247. The van der Waals surface area contributed by atoms with Gasteiger partial charge in [-0.15, -0.1) is 0 Å². The van der Waals surface area contributed by atoms with E-state index < -0.39 is 11.2 Å². The number of aromatic amines is 3. The van der Waals surface area contributed by atoms with Gasteiger partial charge < -0.3 is 9.72 Å². The molecule has 0 bridgehead atoms. The van der Waals surface area contributed by atoms with E-state index in [2.05, 4.69) is 19.9 Å². The zero-order chi connectivity index (χ0) is 14.8. The van der Waals surface area contributed by atoms with E-state index in [0.29, 0.717) is 11.8 Å². The van der Waals surface area contributed by atoms with Crippen molar-refractivity contribution >= 4 is 22.9 Å². The maximum absolute atomic E-state index is 11.7. The van der Waals surface area contributed by atoms with Gasteiger partial charge in [-0.3, -0.25) is 14.8 Å². The lowest BCUT2D eigenvalue weighted by Crippen LogP contribution is -2.21. The van der Waals surface area contributed by atoms with E-state index in [4.69, 9.17) is 4.74 Å². The van der Waals surface area contributed by atoms with Crippen LogP contribution in [-0.2, 0) is 4.74 Å². The molecule has 0 fully saturated rings. The van der Waals surface area contributed by atoms with Gasteiger partial charge in [-0.25, -0.2) is 9.78 Å². The molecule has 0 amide bonds. The molecule has 1 aromatic carbocycles. The number of fused-ring (bicyclic) bond motifs is 1. The van der Waals surface area contributed by atoms with Gasteiger partial charge in [0, 0.05) is 17.6 Å². The summed E-state index contributed by atoms with van der Waals surface area (Å²) in [6, 6.07) is 7.67. The normalized spacial score (nSPS) is 11.1. The van der Waals surface area contributed by atoms with Crippen LogP contribution in [0.4, 0.5) is 0 Å². The fourth-order valence-electron chi connectivity index (χ4n) is 1.91. The molecule has 3 N–H and O–H groups in total. The number of hydrogen-bond acceptors (Lipinski definition) is 5. The minimum Gasteiger partial charge on any atom is -0.374 e. The van der Waals surface area contributed by atoms with Gasteiger partial charge in [0.25, 0.3) is 5.56 Å². The second-order valence-corrected chi connectivity index (χ2v) is 5.29. The summed E-state index contributed by atoms with van der Waals surface area (Å²) in [6.07, 6.45) is 0. The highest BCUT2D eigenvalue weighted by Gasteiger charge is 2.09. The van der Waals surface area contributed by atoms with Crippen LogP contribution in [0.3, 0.4) is 0 Å². The van der Waals surface area contributed by atoms with Crippen LogP contribution in [0, 0.1) is 0 Å². The highest BCUT2D eigenvalue weighted by Crippen LogP contribution is 2.23. The molecule has 0 saturated heterocycles. The summed E-state index contributed by atoms with van der Waals surface area (Å²) in [5.74, 6) is 1.11. The van der Waals surface area contributed by atoms with Crippen LogP contribution in [0.25, 0.3) is 22.6 Å². The largest absolute Gasteiger partial charge is 0.374 e. The standard InChI is InChI=1S/C13H12N4O3S/c1-20-6-21-8-4-2-7(3-5-8)10-14-9-11(15-10)16-13(19)17-12(9)18/h2-5H,6H2,1H3,(H3,14,15,16,17,18,19). The molecular formula is C13H12N4O3S. The van der Waals surface area contributed by atoms with E-state index in [1.807, 2.05) is 24.3 Å². The smallest absolute Gasteiger partial charge is 0.327 e. The van der Waals surface area contributed by atoms with Crippen LogP contribution in [0.15, 0.2) is 38.8 Å². The highest BCUT2D eigenvalue weighted by molar-refractivity contribution is 7.99. The number of hydrogen-bond donors (Lipinski definition) is 3. The Bertz CT molecular complexity index is 879. The van der Waals surface area contributed by atoms with Gasteiger partial charge in [-0.1, -0.05) is 23.9 Å². The number of benzene rings is 1. The molecule has 7 nitrogen and oxygen atoms in total. The molecule has 2 heterocycles. The first-order valence-corrected chi connectivity index (χ1v) is 7.10. The van der Waals surface area contributed by atoms with E-state index in [1.165, 1.54) is 0 Å². The zero-order valence-electron chi connectivity index (χ0n) is 11.1. The maximum atomic E-state index is 11.7. The quantitative estimate of drug-likeness (QED) is 0.498. The van der Waals surface area contributed by atoms with Gasteiger partial charge in [-0.05, 0) is 12.1 Å². The summed E-state index contributed by atoms with van der Waals surface area (Å²) in [5.41, 5.74) is 0.267. The second kappa shape index (κ2) is 5.58. The molecule has 8 heteroatoms. The zero-order valence-corrected chi connectivity index (χ0v) is 11.9. The third-order valence-corrected chi connectivity index (χ3v) is 3.82. The topological polar surface area (TPSA) is 104 Å². The van der Waals surface area contributed by atoms with Crippen molar-refractivity contribution in [2.24, 2.45) is 0 Å². The molecular weight excluding hydrogens is 292 g/mol. The molecule has 0 unspecified atom stereocenters. The van der Waals surface area contributed by atoms with Gasteiger partial charge >= 0.3 is 5.69 Å². The van der Waals surface area contributed by atoms with Gasteiger partial charge in [0.05, 0.1) is 5.94 Å². The Morgan fingerprint density at radius 2 is 1.90 bits per heavy atom. The molecule has 108 valence electrons. The van der Waals surface area contributed by atoms with Crippen molar-refractivity contribution in [2.75, 3.05) is 13.0 Å². The van der Waals surface area contributed by atoms with Crippen LogP contribution in [0.5, 0.6) is 0 Å². The fraction of sp³-hybridized carbons (Fsp3) is 0.154. The predicted octanol–water partition coefficient (Wildman–Crippen LogP) is 1.30. The predicted molar refractivity (Wildman–Crippen MR) is 80.5 cm³/mol. The lowest BCUT2D eigenvalue weighted by Gasteiger charge is -2.01. The number of nitrogens with one attached hydrogen (secondary N) is 3. The van der Waals surface area contributed by atoms with Crippen LogP contribution >= 0.6 is 11.8 Å². The number of ether oxygens (including phenoxy) is 1. The Hall–Kier alpha value is -2.32. The summed E-state index contributed by atoms with van der Waals surface area (Å²) in [7, 11) is 1.65. The third kappa shape index (κ3) is 2.76. The van der Waals surface area contributed by atoms with Crippen LogP contribution in [0.2, 0.25) is 0 Å². The first-order chi connectivity index (χ1) is 10.2. The average molecular weight is 304 g/mol. The Labute approximate surface area is 122 Å². The van der Waals surface area contributed by atoms with Crippen molar-refractivity contribution in [3.63, 3.8) is 0 Å². The number of aromatic nitrogens is 4. The van der Waals surface area contributed by atoms with E-state index in [0.717, 1.165) is 10.5 Å². The molecule has 0 aliphatic carbocycles. The molecule has 0 aliphatic heterocycles. The first kappa shape index (κ1) is 13.7. The maximum Gasteiger partial charge on any atom is 0.327 e. The molecule has 0 radical (unpaired) electrons. The van der Waals surface area contributed by atoms with E-state index in [1.54, 1.807) is 18.9 Å². The molecule has 0 atom stereocenters. The van der Waals surface area contributed by atoms with E-state index in [9.17, 15) is 9.59 Å². The lowest BCUT2D eigenvalue weighted by molar-refractivity contribution is 0.259. The summed E-state index contributed by atoms with van der Waals surface area (Å²) >= 11 is 1.58. The number of rotatable bonds is 4. The minimum atomic E-state index is -0.572. The van der Waals surface area contributed by atoms with E-state index >= 15 is 0 Å². The van der Waals surface area contributed by atoms with Gasteiger partial charge in [-0.2, -0.15) is 0 Å². The summed E-state index contributed by atoms with van der Waals surface area (Å²) < 4.78 is 5.00. The number of methoxy groups -OCH3 is 1. The molecule has 3 aromatic rings. The van der Waals surface area contributed by atoms with Crippen LogP contribution < -0.4 is 11.2 Å². The molecule has 0 spiro atoms. The van der Waals surface area contributed by atoms with E-state index in [-0.39, 0.29) is 11.2 Å². The van der Waals surface area contributed by atoms with Crippen LogP contribution in [0.1, 0.15) is 0 Å². The first-order valence-electron chi connectivity index (χ1n) is 6.12. The van der Waals surface area contributed by atoms with Crippen LogP contribution in [-0.4, -0.2) is 33.0 Å². The summed E-state index contributed by atoms with van der Waals surface area (Å²) in [4.78, 5) is 35.7. The Balaban J connectivity index is 1.98. The monoisotopic (exact) mass is 304 g/mol. The Morgan fingerprint density at radius 3 is 2.62 bits per heavy atom. The van der Waals surface area contributed by atoms with Crippen molar-refractivity contribution in [1.29, 1.82) is 0 Å². The van der Waals surface area contributed by atoms with Crippen molar-refractivity contribution in [1.82, 2.24) is 19.9 Å². The molecule has 2 aromatic heterocycles. The second-order valence-electron chi connectivity index (χ2n) is 4.29. The van der Waals surface area contributed by atoms with Crippen molar-refractivity contribution in [2.45, 2.75) is 4.90 Å². The number of H-pyrrole nitrogens is 3. The Morgan fingerprint density at radius 1 is 1.14 bits per heavy atom. The van der Waals surface area contributed by atoms with Gasteiger partial charge in [0.2, 0.25) is 0 Å². The van der Waals surface area contributed by atoms with Gasteiger partial charge in [0.15, 0.2) is 5.65 Å². The third-order valence-electron chi connectivity index (χ3n) is 2.86. The molecule has 0 aliphatic rings. The SMILES string of the molecule is COCSc1ccc(-c2nc3[nH]c(=O)[nH]c(=O)c3[nH]2)cc1. The number of thioether (sulfide) groups is 1. The lowest BCUT2D eigenvalue weighted by atomic mass is 10.2. The van der Waals surface area contributed by atoms with Crippen molar-refractivity contribution in [3.05, 3.63) is 45.1 Å². The summed E-state index contributed by atoms with van der Waals surface area (Å²) in [5, 5.41) is 0. The molecule has 3 rings (SSSR count). The molecule has 21 heavy (non-hydrogen) atoms. The van der Waals surface area contributed by atoms with Crippen molar-refractivity contribution in [3.8, 4) is 11.4 Å². The van der Waals surface area contributed by atoms with Gasteiger partial charge in [0.1, 0.15) is 11.3 Å². The Kier molecular flexibility index (Phi) is 3.63. The highest BCUT2D eigenvalue weighted by atomic mass is 32.2.